The summed E-state index contributed by atoms with van der Waals surface area (Å²) < 4.78 is 7.77. The molecule has 4 rings (SSSR count). The molecule has 1 N–H and O–H groups in total. The Bertz CT molecular complexity index is 1280. The molecule has 178 valence electrons. The van der Waals surface area contributed by atoms with Gasteiger partial charge in [-0.3, -0.25) is 9.59 Å². The zero-order valence-corrected chi connectivity index (χ0v) is 20.5. The Balaban J connectivity index is 1.77. The van der Waals surface area contributed by atoms with Crippen LogP contribution in [0.2, 0.25) is 0 Å². The molecule has 2 amide bonds. The van der Waals surface area contributed by atoms with Crippen LogP contribution in [0.25, 0.3) is 10.2 Å². The fourth-order valence-electron chi connectivity index (χ4n) is 4.58. The van der Waals surface area contributed by atoms with E-state index in [0.717, 1.165) is 28.6 Å². The number of ether oxygens (including phenoxy) is 1. The summed E-state index contributed by atoms with van der Waals surface area (Å²) in [5.41, 5.74) is 1.37. The van der Waals surface area contributed by atoms with Crippen LogP contribution in [-0.4, -0.2) is 35.0 Å². The van der Waals surface area contributed by atoms with Gasteiger partial charge in [0.2, 0.25) is 5.91 Å². The second-order valence-electron chi connectivity index (χ2n) is 8.70. The molecule has 34 heavy (non-hydrogen) atoms. The Morgan fingerprint density at radius 3 is 2.44 bits per heavy atom. The van der Waals surface area contributed by atoms with E-state index in [-0.39, 0.29) is 11.8 Å². The number of nitrogens with one attached hydrogen (secondary N) is 1. The van der Waals surface area contributed by atoms with E-state index in [2.05, 4.69) is 10.3 Å². The first-order chi connectivity index (χ1) is 16.4. The Labute approximate surface area is 202 Å². The average molecular weight is 480 g/mol. The molecule has 1 heterocycles. The van der Waals surface area contributed by atoms with Gasteiger partial charge in [-0.2, -0.15) is 4.99 Å². The predicted molar refractivity (Wildman–Crippen MR) is 132 cm³/mol. The van der Waals surface area contributed by atoms with E-state index in [1.807, 2.05) is 54.8 Å². The van der Waals surface area contributed by atoms with E-state index in [1.165, 1.54) is 18.4 Å². The molecule has 0 bridgehead atoms. The second kappa shape index (κ2) is 9.93. The Hall–Kier alpha value is -3.26. The van der Waals surface area contributed by atoms with Gasteiger partial charge in [-0.25, -0.2) is 4.79 Å². The minimum atomic E-state index is -0.999. The van der Waals surface area contributed by atoms with Crippen LogP contribution in [0.5, 0.6) is 0 Å². The van der Waals surface area contributed by atoms with Gasteiger partial charge in [0.25, 0.3) is 5.91 Å². The standard InChI is InChI=1S/C26H29N3O4S/c1-4-19(23(31)28-26(24(32)33-3)15-7-8-16-26)29-20-9-5-6-10-21(20)34-25(29)27-22(30)18-13-11-17(2)12-14-18/h5-6,9-14,19H,4,7-8,15-16H2,1-3H3,(H,28,31). The molecule has 0 saturated heterocycles. The maximum atomic E-state index is 13.6. The maximum absolute atomic E-state index is 13.6. The second-order valence-corrected chi connectivity index (χ2v) is 9.71. The van der Waals surface area contributed by atoms with Crippen LogP contribution in [-0.2, 0) is 14.3 Å². The number of hydrogen-bond acceptors (Lipinski definition) is 5. The molecule has 0 radical (unpaired) electrons. The summed E-state index contributed by atoms with van der Waals surface area (Å²) in [5.74, 6) is -1.05. The summed E-state index contributed by atoms with van der Waals surface area (Å²) in [6.07, 6.45) is 3.29. The fourth-order valence-corrected chi connectivity index (χ4v) is 5.64. The molecule has 8 heteroatoms. The quantitative estimate of drug-likeness (QED) is 0.534. The summed E-state index contributed by atoms with van der Waals surface area (Å²) in [7, 11) is 1.35. The monoisotopic (exact) mass is 479 g/mol. The molecular formula is C26H29N3O4S. The van der Waals surface area contributed by atoms with Crippen molar-refractivity contribution in [3.05, 3.63) is 64.5 Å². The van der Waals surface area contributed by atoms with Crippen LogP contribution in [0.4, 0.5) is 0 Å². The zero-order chi connectivity index (χ0) is 24.3. The summed E-state index contributed by atoms with van der Waals surface area (Å²) in [6.45, 7) is 3.87. The lowest BCUT2D eigenvalue weighted by Crippen LogP contribution is -2.55. The van der Waals surface area contributed by atoms with Crippen molar-refractivity contribution in [2.45, 2.75) is 57.5 Å². The molecule has 1 aliphatic carbocycles. The van der Waals surface area contributed by atoms with Crippen molar-refractivity contribution in [2.75, 3.05) is 7.11 Å². The van der Waals surface area contributed by atoms with Gasteiger partial charge < -0.3 is 14.6 Å². The number of para-hydroxylation sites is 1. The van der Waals surface area contributed by atoms with Crippen LogP contribution in [0.1, 0.15) is 61.0 Å². The highest BCUT2D eigenvalue weighted by Crippen LogP contribution is 2.32. The van der Waals surface area contributed by atoms with E-state index in [0.29, 0.717) is 29.6 Å². The molecule has 3 aromatic rings. The molecule has 1 aliphatic rings. The molecular weight excluding hydrogens is 450 g/mol. The van der Waals surface area contributed by atoms with Crippen LogP contribution < -0.4 is 10.1 Å². The van der Waals surface area contributed by atoms with Crippen molar-refractivity contribution in [3.8, 4) is 0 Å². The van der Waals surface area contributed by atoms with Crippen LogP contribution in [0.3, 0.4) is 0 Å². The largest absolute Gasteiger partial charge is 0.467 e. The van der Waals surface area contributed by atoms with Gasteiger partial charge >= 0.3 is 5.97 Å². The average Bonchev–Trinajstić information content (AvgIpc) is 3.45. The Morgan fingerprint density at radius 2 is 1.79 bits per heavy atom. The lowest BCUT2D eigenvalue weighted by molar-refractivity contribution is -0.151. The first-order valence-corrected chi connectivity index (χ1v) is 12.4. The number of hydrogen-bond donors (Lipinski definition) is 1. The first kappa shape index (κ1) is 23.9. The molecule has 7 nitrogen and oxygen atoms in total. The number of esters is 1. The van der Waals surface area contributed by atoms with Gasteiger partial charge in [0.1, 0.15) is 11.6 Å². The number of carbonyl (C=O) groups excluding carboxylic acids is 3. The molecule has 0 spiro atoms. The lowest BCUT2D eigenvalue weighted by Gasteiger charge is -2.29. The van der Waals surface area contributed by atoms with E-state index in [9.17, 15) is 14.4 Å². The summed E-state index contributed by atoms with van der Waals surface area (Å²) in [5, 5.41) is 3.01. The molecule has 1 unspecified atom stereocenters. The van der Waals surface area contributed by atoms with E-state index in [4.69, 9.17) is 4.74 Å². The summed E-state index contributed by atoms with van der Waals surface area (Å²) in [4.78, 5) is 44.0. The Morgan fingerprint density at radius 1 is 1.12 bits per heavy atom. The fraction of sp³-hybridized carbons (Fsp3) is 0.385. The van der Waals surface area contributed by atoms with Gasteiger partial charge in [-0.15, -0.1) is 0 Å². The predicted octanol–water partition coefficient (Wildman–Crippen LogP) is 4.31. The third-order valence-corrected chi connectivity index (χ3v) is 7.46. The van der Waals surface area contributed by atoms with Crippen molar-refractivity contribution >= 4 is 39.3 Å². The normalized spacial score (nSPS) is 16.4. The molecule has 1 aromatic heterocycles. The van der Waals surface area contributed by atoms with Gasteiger partial charge in [-0.05, 0) is 50.5 Å². The van der Waals surface area contributed by atoms with Crippen LogP contribution >= 0.6 is 11.3 Å². The van der Waals surface area contributed by atoms with E-state index >= 15 is 0 Å². The third kappa shape index (κ3) is 4.55. The topological polar surface area (TPSA) is 89.8 Å². The minimum Gasteiger partial charge on any atom is -0.467 e. The van der Waals surface area contributed by atoms with Crippen molar-refractivity contribution in [1.29, 1.82) is 0 Å². The van der Waals surface area contributed by atoms with Gasteiger partial charge in [0.05, 0.1) is 17.3 Å². The number of amides is 2. The summed E-state index contributed by atoms with van der Waals surface area (Å²) in [6, 6.07) is 14.3. The number of fused-ring (bicyclic) bond motifs is 1. The smallest absolute Gasteiger partial charge is 0.331 e. The molecule has 2 aromatic carbocycles. The third-order valence-electron chi connectivity index (χ3n) is 6.42. The first-order valence-electron chi connectivity index (χ1n) is 11.5. The molecule has 1 saturated carbocycles. The number of nitrogens with zero attached hydrogens (tertiary/aromatic N) is 2. The van der Waals surface area contributed by atoms with Crippen molar-refractivity contribution in [1.82, 2.24) is 9.88 Å². The zero-order valence-electron chi connectivity index (χ0n) is 19.7. The highest BCUT2D eigenvalue weighted by molar-refractivity contribution is 7.16. The molecule has 1 fully saturated rings. The van der Waals surface area contributed by atoms with E-state index in [1.54, 1.807) is 12.1 Å². The van der Waals surface area contributed by atoms with Crippen LogP contribution in [0.15, 0.2) is 53.5 Å². The van der Waals surface area contributed by atoms with Crippen molar-refractivity contribution in [2.24, 2.45) is 4.99 Å². The number of aryl methyl sites for hydroxylation is 1. The number of carbonyl (C=O) groups is 3. The van der Waals surface area contributed by atoms with Crippen molar-refractivity contribution < 1.29 is 19.1 Å². The maximum Gasteiger partial charge on any atom is 0.331 e. The highest BCUT2D eigenvalue weighted by Gasteiger charge is 2.44. The Kier molecular flexibility index (Phi) is 6.97. The van der Waals surface area contributed by atoms with Gasteiger partial charge in [0, 0.05) is 5.56 Å². The minimum absolute atomic E-state index is 0.275. The number of methoxy groups -OCH3 is 1. The lowest BCUT2D eigenvalue weighted by atomic mass is 9.96. The van der Waals surface area contributed by atoms with Crippen LogP contribution in [0, 0.1) is 6.92 Å². The van der Waals surface area contributed by atoms with Gasteiger partial charge in [0.15, 0.2) is 4.80 Å². The SMILES string of the molecule is CCC(C(=O)NC1(C(=O)OC)CCCC1)n1c(=NC(=O)c2ccc(C)cc2)sc2ccccc21. The molecule has 0 aliphatic heterocycles. The number of aromatic nitrogens is 1. The number of rotatable bonds is 6. The van der Waals surface area contributed by atoms with Gasteiger partial charge in [-0.1, -0.05) is 60.9 Å². The number of benzene rings is 2. The highest BCUT2D eigenvalue weighted by atomic mass is 32.1. The summed E-state index contributed by atoms with van der Waals surface area (Å²) >= 11 is 1.37. The van der Waals surface area contributed by atoms with Crippen molar-refractivity contribution in [3.63, 3.8) is 0 Å². The van der Waals surface area contributed by atoms with E-state index < -0.39 is 17.6 Å². The number of thiazole rings is 1. The molecule has 1 atom stereocenters.